The van der Waals surface area contributed by atoms with Crippen LogP contribution in [0.5, 0.6) is 5.75 Å². The van der Waals surface area contributed by atoms with Crippen molar-refractivity contribution in [3.63, 3.8) is 0 Å². The van der Waals surface area contributed by atoms with Crippen molar-refractivity contribution in [2.24, 2.45) is 23.2 Å². The van der Waals surface area contributed by atoms with Crippen LogP contribution in [0.3, 0.4) is 0 Å². The molecule has 4 saturated carbocycles. The van der Waals surface area contributed by atoms with Gasteiger partial charge in [-0.2, -0.15) is 0 Å². The molecule has 4 aliphatic carbocycles. The molecule has 0 heterocycles. The van der Waals surface area contributed by atoms with Crippen molar-refractivity contribution >= 4 is 5.97 Å². The Bertz CT molecular complexity index is 543. The Hall–Kier alpha value is -1.51. The maximum atomic E-state index is 12.4. The molecule has 4 bridgehead atoms. The molecule has 1 aromatic carbocycles. The van der Waals surface area contributed by atoms with Gasteiger partial charge in [-0.15, -0.1) is 0 Å². The molecular weight excluding hydrogens is 276 g/mol. The zero-order chi connectivity index (χ0) is 15.2. The first kappa shape index (κ1) is 14.1. The largest absolute Gasteiger partial charge is 0.496 e. The Morgan fingerprint density at radius 3 is 2.27 bits per heavy atom. The number of hydrogen-bond donors (Lipinski definition) is 0. The molecule has 1 aromatic rings. The van der Waals surface area contributed by atoms with E-state index >= 15 is 0 Å². The molecule has 22 heavy (non-hydrogen) atoms. The summed E-state index contributed by atoms with van der Waals surface area (Å²) < 4.78 is 11.0. The second-order valence-electron chi connectivity index (χ2n) is 7.69. The summed E-state index contributed by atoms with van der Waals surface area (Å²) in [5, 5.41) is 0. The predicted octanol–water partition coefficient (Wildman–Crippen LogP) is 4.07. The van der Waals surface area contributed by atoms with Gasteiger partial charge in [-0.3, -0.25) is 0 Å². The molecular formula is C19H24O3. The van der Waals surface area contributed by atoms with E-state index in [0.717, 1.165) is 17.8 Å². The van der Waals surface area contributed by atoms with Gasteiger partial charge in [-0.25, -0.2) is 4.79 Å². The number of para-hydroxylation sites is 1. The average Bonchev–Trinajstić information content (AvgIpc) is 2.51. The normalized spacial score (nSPS) is 35.4. The van der Waals surface area contributed by atoms with Gasteiger partial charge in [0.05, 0.1) is 13.7 Å². The van der Waals surface area contributed by atoms with Crippen LogP contribution >= 0.6 is 0 Å². The fourth-order valence-electron chi connectivity index (χ4n) is 5.58. The number of benzene rings is 1. The molecule has 4 fully saturated rings. The summed E-state index contributed by atoms with van der Waals surface area (Å²) in [7, 11) is 1.59. The highest BCUT2D eigenvalue weighted by Crippen LogP contribution is 2.60. The van der Waals surface area contributed by atoms with Gasteiger partial charge >= 0.3 is 5.97 Å². The third kappa shape index (κ3) is 2.41. The Labute approximate surface area is 132 Å². The van der Waals surface area contributed by atoms with E-state index in [1.54, 1.807) is 19.2 Å². The topological polar surface area (TPSA) is 35.5 Å². The van der Waals surface area contributed by atoms with Gasteiger partial charge in [0.1, 0.15) is 11.3 Å². The van der Waals surface area contributed by atoms with E-state index in [2.05, 4.69) is 0 Å². The summed E-state index contributed by atoms with van der Waals surface area (Å²) in [6.45, 7) is 0.591. The Balaban J connectivity index is 1.45. The van der Waals surface area contributed by atoms with Crippen LogP contribution in [-0.4, -0.2) is 19.7 Å². The highest BCUT2D eigenvalue weighted by Gasteiger charge is 2.51. The lowest BCUT2D eigenvalue weighted by molar-refractivity contribution is -0.0848. The Morgan fingerprint density at radius 2 is 1.68 bits per heavy atom. The maximum Gasteiger partial charge on any atom is 0.341 e. The van der Waals surface area contributed by atoms with Gasteiger partial charge in [0.15, 0.2) is 0 Å². The number of rotatable bonds is 4. The molecule has 118 valence electrons. The number of hydrogen-bond acceptors (Lipinski definition) is 3. The predicted molar refractivity (Wildman–Crippen MR) is 83.9 cm³/mol. The minimum Gasteiger partial charge on any atom is -0.496 e. The summed E-state index contributed by atoms with van der Waals surface area (Å²) in [6, 6.07) is 7.31. The molecule has 0 unspecified atom stereocenters. The summed E-state index contributed by atoms with van der Waals surface area (Å²) in [6.07, 6.45) is 8.04. The molecule has 3 heteroatoms. The van der Waals surface area contributed by atoms with Gasteiger partial charge in [-0.05, 0) is 68.4 Å². The Morgan fingerprint density at radius 1 is 1.09 bits per heavy atom. The summed E-state index contributed by atoms with van der Waals surface area (Å²) in [5.41, 5.74) is 0.807. The quantitative estimate of drug-likeness (QED) is 0.786. The van der Waals surface area contributed by atoms with E-state index in [9.17, 15) is 4.79 Å². The van der Waals surface area contributed by atoms with Crippen molar-refractivity contribution in [1.29, 1.82) is 0 Å². The minimum absolute atomic E-state index is 0.242. The molecule has 0 amide bonds. The maximum absolute atomic E-state index is 12.4. The van der Waals surface area contributed by atoms with E-state index in [1.165, 1.54) is 38.5 Å². The van der Waals surface area contributed by atoms with Crippen molar-refractivity contribution in [1.82, 2.24) is 0 Å². The van der Waals surface area contributed by atoms with E-state index in [-0.39, 0.29) is 11.4 Å². The lowest BCUT2D eigenvalue weighted by atomic mass is 9.50. The number of carbonyl (C=O) groups excluding carboxylic acids is 1. The molecule has 0 aromatic heterocycles. The molecule has 0 saturated heterocycles. The van der Waals surface area contributed by atoms with Crippen molar-refractivity contribution < 1.29 is 14.3 Å². The fourth-order valence-corrected chi connectivity index (χ4v) is 5.58. The van der Waals surface area contributed by atoms with E-state index in [0.29, 0.717) is 17.9 Å². The Kier molecular flexibility index (Phi) is 3.39. The number of methoxy groups -OCH3 is 1. The van der Waals surface area contributed by atoms with Crippen molar-refractivity contribution in [3.05, 3.63) is 29.8 Å². The first-order chi connectivity index (χ1) is 10.7. The third-order valence-corrected chi connectivity index (χ3v) is 6.00. The van der Waals surface area contributed by atoms with Crippen LogP contribution in [0.25, 0.3) is 0 Å². The van der Waals surface area contributed by atoms with Gasteiger partial charge < -0.3 is 9.47 Å². The van der Waals surface area contributed by atoms with Crippen LogP contribution in [-0.2, 0) is 4.74 Å². The van der Waals surface area contributed by atoms with Gasteiger partial charge in [0, 0.05) is 5.41 Å². The molecule has 0 radical (unpaired) electrons. The average molecular weight is 300 g/mol. The number of carbonyl (C=O) groups is 1. The van der Waals surface area contributed by atoms with Crippen LogP contribution in [0.4, 0.5) is 0 Å². The van der Waals surface area contributed by atoms with Gasteiger partial charge in [0.25, 0.3) is 0 Å². The first-order valence-electron chi connectivity index (χ1n) is 8.48. The molecule has 0 spiro atoms. The molecule has 4 aliphatic rings. The van der Waals surface area contributed by atoms with Crippen LogP contribution in [0.2, 0.25) is 0 Å². The van der Waals surface area contributed by atoms with Crippen LogP contribution in [0.1, 0.15) is 48.9 Å². The van der Waals surface area contributed by atoms with Crippen LogP contribution in [0, 0.1) is 23.2 Å². The SMILES string of the molecule is COc1ccccc1C(=O)OCC12CC3CC(CC(C3)C1)C2. The van der Waals surface area contributed by atoms with Crippen molar-refractivity contribution in [2.75, 3.05) is 13.7 Å². The second-order valence-corrected chi connectivity index (χ2v) is 7.69. The summed E-state index contributed by atoms with van der Waals surface area (Å²) >= 11 is 0. The second kappa shape index (κ2) is 5.29. The monoisotopic (exact) mass is 300 g/mol. The summed E-state index contributed by atoms with van der Waals surface area (Å²) in [5.74, 6) is 3.01. The summed E-state index contributed by atoms with van der Waals surface area (Å²) in [4.78, 5) is 12.4. The minimum atomic E-state index is -0.242. The molecule has 0 atom stereocenters. The smallest absolute Gasteiger partial charge is 0.341 e. The molecule has 0 N–H and O–H groups in total. The standard InChI is InChI=1S/C19H24O3/c1-21-17-5-3-2-4-16(17)18(20)22-12-19-9-13-6-14(10-19)8-15(7-13)11-19/h2-5,13-15H,6-12H2,1H3. The number of esters is 1. The van der Waals surface area contributed by atoms with Crippen molar-refractivity contribution in [3.8, 4) is 5.75 Å². The zero-order valence-corrected chi connectivity index (χ0v) is 13.2. The lowest BCUT2D eigenvalue weighted by Crippen LogP contribution is -2.48. The third-order valence-electron chi connectivity index (χ3n) is 6.00. The van der Waals surface area contributed by atoms with Crippen LogP contribution in [0.15, 0.2) is 24.3 Å². The van der Waals surface area contributed by atoms with Gasteiger partial charge in [0.2, 0.25) is 0 Å². The van der Waals surface area contributed by atoms with Gasteiger partial charge in [-0.1, -0.05) is 12.1 Å². The fraction of sp³-hybridized carbons (Fsp3) is 0.632. The van der Waals surface area contributed by atoms with E-state index < -0.39 is 0 Å². The van der Waals surface area contributed by atoms with E-state index in [4.69, 9.17) is 9.47 Å². The highest BCUT2D eigenvalue weighted by atomic mass is 16.5. The molecule has 3 nitrogen and oxygen atoms in total. The molecule has 5 rings (SSSR count). The van der Waals surface area contributed by atoms with E-state index in [1.807, 2.05) is 12.1 Å². The lowest BCUT2D eigenvalue weighted by Gasteiger charge is -2.56. The van der Waals surface area contributed by atoms with Crippen LogP contribution < -0.4 is 4.74 Å². The highest BCUT2D eigenvalue weighted by molar-refractivity contribution is 5.92. The molecule has 0 aliphatic heterocycles. The number of ether oxygens (including phenoxy) is 2. The zero-order valence-electron chi connectivity index (χ0n) is 13.2. The van der Waals surface area contributed by atoms with Crippen molar-refractivity contribution in [2.45, 2.75) is 38.5 Å². The first-order valence-corrected chi connectivity index (χ1v) is 8.48.